The Kier molecular flexibility index (Phi) is 7.30. The van der Waals surface area contributed by atoms with Gasteiger partial charge in [-0.3, -0.25) is 9.59 Å². The van der Waals surface area contributed by atoms with Crippen LogP contribution in [0.5, 0.6) is 0 Å². The summed E-state index contributed by atoms with van der Waals surface area (Å²) in [5, 5.41) is 20.7. The minimum absolute atomic E-state index is 0.238. The van der Waals surface area contributed by atoms with Gasteiger partial charge in [-0.2, -0.15) is 11.3 Å². The molecule has 22 heavy (non-hydrogen) atoms. The van der Waals surface area contributed by atoms with E-state index in [1.165, 1.54) is 6.26 Å². The van der Waals surface area contributed by atoms with Gasteiger partial charge in [0.2, 0.25) is 0 Å². The fourth-order valence-corrected chi connectivity index (χ4v) is 2.16. The van der Waals surface area contributed by atoms with Crippen molar-refractivity contribution < 1.29 is 24.2 Å². The van der Waals surface area contributed by atoms with E-state index in [0.29, 0.717) is 12.2 Å². The fourth-order valence-electron chi connectivity index (χ4n) is 1.48. The van der Waals surface area contributed by atoms with Crippen LogP contribution in [0.3, 0.4) is 0 Å². The molecule has 0 unspecified atom stereocenters. The second-order valence-corrected chi connectivity index (χ2v) is 5.29. The number of aliphatic carboxylic acids is 2. The third-order valence-electron chi connectivity index (χ3n) is 2.67. The number of furan rings is 1. The van der Waals surface area contributed by atoms with Gasteiger partial charge in [-0.1, -0.05) is 0 Å². The highest BCUT2D eigenvalue weighted by molar-refractivity contribution is 7.07. The second kappa shape index (κ2) is 8.98. The van der Waals surface area contributed by atoms with Crippen LogP contribution in [0.25, 0.3) is 0 Å². The lowest BCUT2D eigenvalue weighted by Crippen LogP contribution is -2.32. The van der Waals surface area contributed by atoms with E-state index >= 15 is 0 Å². The summed E-state index contributed by atoms with van der Waals surface area (Å²) in [7, 11) is 0. The summed E-state index contributed by atoms with van der Waals surface area (Å²) in [6, 6.07) is 3.63. The minimum atomic E-state index is -1.01. The molecule has 0 bridgehead atoms. The number of carboxylic acids is 2. The first-order valence-corrected chi connectivity index (χ1v) is 7.34. The summed E-state index contributed by atoms with van der Waals surface area (Å²) in [5.74, 6) is -1.36. The fraction of sp³-hybridized carbons (Fsp3) is 0.286. The summed E-state index contributed by atoms with van der Waals surface area (Å²) < 4.78 is 4.91. The Morgan fingerprint density at radius 2 is 1.77 bits per heavy atom. The number of thiophene rings is 1. The van der Waals surface area contributed by atoms with Gasteiger partial charge in [0.25, 0.3) is 0 Å². The smallest absolute Gasteiger partial charge is 0.320 e. The SMILES string of the molecule is N[C@@H](Cc1ccco1)C(=O)O.N[C@@H](Cc1ccsc1)C(=O)O. The van der Waals surface area contributed by atoms with Crippen molar-refractivity contribution in [3.63, 3.8) is 0 Å². The van der Waals surface area contributed by atoms with Crippen molar-refractivity contribution in [2.45, 2.75) is 24.9 Å². The Morgan fingerprint density at radius 3 is 2.23 bits per heavy atom. The predicted molar refractivity (Wildman–Crippen MR) is 81.7 cm³/mol. The Morgan fingerprint density at radius 1 is 1.14 bits per heavy atom. The van der Waals surface area contributed by atoms with Crippen LogP contribution in [0.2, 0.25) is 0 Å². The molecule has 2 rings (SSSR count). The van der Waals surface area contributed by atoms with Crippen molar-refractivity contribution in [2.75, 3.05) is 0 Å². The van der Waals surface area contributed by atoms with Gasteiger partial charge in [0.15, 0.2) is 0 Å². The van der Waals surface area contributed by atoms with Gasteiger partial charge in [0.1, 0.15) is 17.8 Å². The van der Waals surface area contributed by atoms with E-state index in [1.807, 2.05) is 16.8 Å². The molecule has 2 aromatic heterocycles. The van der Waals surface area contributed by atoms with Crippen molar-refractivity contribution in [1.82, 2.24) is 0 Å². The first-order valence-electron chi connectivity index (χ1n) is 6.40. The lowest BCUT2D eigenvalue weighted by atomic mass is 10.1. The van der Waals surface area contributed by atoms with Crippen LogP contribution in [-0.4, -0.2) is 34.2 Å². The summed E-state index contributed by atoms with van der Waals surface area (Å²) in [6.07, 6.45) is 2.14. The van der Waals surface area contributed by atoms with Crippen LogP contribution in [0.4, 0.5) is 0 Å². The quantitative estimate of drug-likeness (QED) is 0.619. The van der Waals surface area contributed by atoms with Gasteiger partial charge in [-0.25, -0.2) is 0 Å². The molecule has 0 saturated heterocycles. The highest BCUT2D eigenvalue weighted by Gasteiger charge is 2.13. The zero-order chi connectivity index (χ0) is 16.5. The number of rotatable bonds is 6. The van der Waals surface area contributed by atoms with Gasteiger partial charge in [0.05, 0.1) is 6.26 Å². The maximum Gasteiger partial charge on any atom is 0.320 e. The normalized spacial score (nSPS) is 12.8. The maximum atomic E-state index is 10.3. The largest absolute Gasteiger partial charge is 0.480 e. The molecule has 2 heterocycles. The van der Waals surface area contributed by atoms with Crippen molar-refractivity contribution in [2.24, 2.45) is 11.5 Å². The highest BCUT2D eigenvalue weighted by Crippen LogP contribution is 2.07. The summed E-state index contributed by atoms with van der Waals surface area (Å²) in [5.41, 5.74) is 11.6. The van der Waals surface area contributed by atoms with E-state index in [-0.39, 0.29) is 6.42 Å². The molecule has 0 aliphatic heterocycles. The average Bonchev–Trinajstić information content (AvgIpc) is 3.12. The number of hydrogen-bond acceptors (Lipinski definition) is 6. The Labute approximate surface area is 131 Å². The molecule has 0 fully saturated rings. The van der Waals surface area contributed by atoms with Crippen molar-refractivity contribution in [3.05, 3.63) is 46.5 Å². The molecule has 0 aromatic carbocycles. The van der Waals surface area contributed by atoms with E-state index in [9.17, 15) is 9.59 Å². The van der Waals surface area contributed by atoms with E-state index in [2.05, 4.69) is 0 Å². The maximum absolute atomic E-state index is 10.3. The van der Waals surface area contributed by atoms with Crippen molar-refractivity contribution in [3.8, 4) is 0 Å². The molecule has 7 nitrogen and oxygen atoms in total. The van der Waals surface area contributed by atoms with E-state index in [1.54, 1.807) is 23.5 Å². The van der Waals surface area contributed by atoms with Crippen LogP contribution in [-0.2, 0) is 22.4 Å². The van der Waals surface area contributed by atoms with Crippen LogP contribution in [0.15, 0.2) is 39.6 Å². The van der Waals surface area contributed by atoms with Crippen molar-refractivity contribution in [1.29, 1.82) is 0 Å². The number of carboxylic acid groups (broad SMARTS) is 2. The van der Waals surface area contributed by atoms with Crippen LogP contribution in [0, 0.1) is 0 Å². The van der Waals surface area contributed by atoms with Gasteiger partial charge in [0, 0.05) is 6.42 Å². The molecular weight excluding hydrogens is 308 g/mol. The predicted octanol–water partition coefficient (Wildman–Crippen LogP) is 0.937. The van der Waals surface area contributed by atoms with Gasteiger partial charge in [-0.15, -0.1) is 0 Å². The summed E-state index contributed by atoms with van der Waals surface area (Å²) in [6.45, 7) is 0. The number of nitrogens with two attached hydrogens (primary N) is 2. The monoisotopic (exact) mass is 326 g/mol. The highest BCUT2D eigenvalue weighted by atomic mass is 32.1. The van der Waals surface area contributed by atoms with Gasteiger partial charge >= 0.3 is 11.9 Å². The molecule has 0 aliphatic rings. The third kappa shape index (κ3) is 6.53. The first-order chi connectivity index (χ1) is 10.4. The second-order valence-electron chi connectivity index (χ2n) is 4.51. The van der Waals surface area contributed by atoms with E-state index in [0.717, 1.165) is 5.56 Å². The molecule has 6 N–H and O–H groups in total. The van der Waals surface area contributed by atoms with Crippen LogP contribution in [0.1, 0.15) is 11.3 Å². The Bertz CT molecular complexity index is 516. The number of hydrogen-bond donors (Lipinski definition) is 4. The van der Waals surface area contributed by atoms with Gasteiger partial charge < -0.3 is 26.1 Å². The van der Waals surface area contributed by atoms with E-state index < -0.39 is 24.0 Å². The minimum Gasteiger partial charge on any atom is -0.480 e. The Hall–Kier alpha value is -2.16. The average molecular weight is 326 g/mol. The molecular formula is C14H18N2O5S. The molecule has 2 atom stereocenters. The standard InChI is InChI=1S/C7H9NO3.C7H9NO2S/c8-6(7(9)10)4-5-2-1-3-11-5;8-6(7(9)10)3-5-1-2-11-4-5/h1-3,6H,4,8H2,(H,9,10);1-2,4,6H,3,8H2,(H,9,10)/t2*6-/m00/s1. The first kappa shape index (κ1) is 17.9. The molecule has 0 amide bonds. The van der Waals surface area contributed by atoms with Crippen LogP contribution < -0.4 is 11.5 Å². The zero-order valence-corrected chi connectivity index (χ0v) is 12.5. The van der Waals surface area contributed by atoms with Crippen LogP contribution >= 0.6 is 11.3 Å². The molecule has 8 heteroatoms. The Balaban J connectivity index is 0.000000220. The summed E-state index contributed by atoms with van der Waals surface area (Å²) >= 11 is 1.54. The zero-order valence-electron chi connectivity index (χ0n) is 11.7. The molecule has 2 aromatic rings. The molecule has 0 spiro atoms. The van der Waals surface area contributed by atoms with Crippen molar-refractivity contribution >= 4 is 23.3 Å². The third-order valence-corrected chi connectivity index (χ3v) is 3.40. The lowest BCUT2D eigenvalue weighted by Gasteiger charge is -2.02. The molecule has 0 radical (unpaired) electrons. The number of carbonyl (C=O) groups is 2. The molecule has 0 aliphatic carbocycles. The molecule has 120 valence electrons. The molecule has 0 saturated carbocycles. The topological polar surface area (TPSA) is 140 Å². The van der Waals surface area contributed by atoms with E-state index in [4.69, 9.17) is 26.1 Å². The lowest BCUT2D eigenvalue weighted by molar-refractivity contribution is -0.139. The summed E-state index contributed by atoms with van der Waals surface area (Å²) in [4.78, 5) is 20.6. The van der Waals surface area contributed by atoms with Gasteiger partial charge in [-0.05, 0) is 40.9 Å².